The van der Waals surface area contributed by atoms with Gasteiger partial charge in [0.05, 0.1) is 11.0 Å². The number of anilines is 1. The largest absolute Gasteiger partial charge is 0.480 e. The summed E-state index contributed by atoms with van der Waals surface area (Å²) in [6, 6.07) is 4.46. The average molecular weight is 277 g/mol. The third-order valence-corrected chi connectivity index (χ3v) is 3.01. The Bertz CT molecular complexity index is 679. The van der Waals surface area contributed by atoms with Crippen molar-refractivity contribution in [1.29, 1.82) is 5.26 Å². The minimum absolute atomic E-state index is 0.0320. The summed E-state index contributed by atoms with van der Waals surface area (Å²) >= 11 is 0. The molecule has 1 aromatic rings. The zero-order valence-corrected chi connectivity index (χ0v) is 9.73. The number of aliphatic carboxylic acids is 1. The molecule has 0 spiro atoms. The zero-order chi connectivity index (χ0) is 15.1. The Kier molecular flexibility index (Phi) is 2.88. The molecule has 0 aromatic heterocycles. The van der Waals surface area contributed by atoms with E-state index in [1.54, 1.807) is 0 Å². The van der Waals surface area contributed by atoms with Crippen molar-refractivity contribution in [3.63, 3.8) is 0 Å². The molecule has 9 heteroatoms. The van der Waals surface area contributed by atoms with Crippen molar-refractivity contribution < 1.29 is 24.7 Å². The second-order valence-electron chi connectivity index (χ2n) is 4.11. The van der Waals surface area contributed by atoms with Gasteiger partial charge in [0.25, 0.3) is 11.6 Å². The summed E-state index contributed by atoms with van der Waals surface area (Å²) < 4.78 is 0. The Balaban J connectivity index is 2.67. The van der Waals surface area contributed by atoms with E-state index in [9.17, 15) is 24.8 Å². The van der Waals surface area contributed by atoms with Gasteiger partial charge in [-0.2, -0.15) is 5.26 Å². The number of rotatable bonds is 3. The number of carboxylic acids is 1. The first-order valence-electron chi connectivity index (χ1n) is 5.27. The number of aliphatic hydroxyl groups is 1. The highest BCUT2D eigenvalue weighted by molar-refractivity contribution is 6.07. The number of fused-ring (bicyclic) bond motifs is 1. The van der Waals surface area contributed by atoms with Crippen LogP contribution in [0, 0.1) is 27.4 Å². The molecule has 1 aliphatic rings. The number of nitrogens with one attached hydrogen (secondary N) is 1. The van der Waals surface area contributed by atoms with Gasteiger partial charge in [0.1, 0.15) is 0 Å². The van der Waals surface area contributed by atoms with Crippen LogP contribution in [0.1, 0.15) is 5.56 Å². The zero-order valence-electron chi connectivity index (χ0n) is 9.73. The van der Waals surface area contributed by atoms with Crippen LogP contribution < -0.4 is 5.32 Å². The van der Waals surface area contributed by atoms with Crippen LogP contribution in [0.15, 0.2) is 18.2 Å². The molecule has 2 atom stereocenters. The van der Waals surface area contributed by atoms with Gasteiger partial charge in [-0.3, -0.25) is 19.7 Å². The second-order valence-corrected chi connectivity index (χ2v) is 4.11. The Morgan fingerprint density at radius 2 is 2.20 bits per heavy atom. The minimum atomic E-state index is -2.66. The maximum atomic E-state index is 11.8. The third kappa shape index (κ3) is 1.67. The molecule has 3 N–H and O–H groups in total. The smallest absolute Gasteiger partial charge is 0.324 e. The van der Waals surface area contributed by atoms with Crippen LogP contribution in [-0.4, -0.2) is 27.0 Å². The van der Waals surface area contributed by atoms with Crippen molar-refractivity contribution in [2.45, 2.75) is 5.60 Å². The van der Waals surface area contributed by atoms with Crippen LogP contribution in [0.25, 0.3) is 0 Å². The van der Waals surface area contributed by atoms with E-state index < -0.39 is 34.0 Å². The van der Waals surface area contributed by atoms with Gasteiger partial charge in [-0.25, -0.2) is 0 Å². The molecule has 20 heavy (non-hydrogen) atoms. The fourth-order valence-corrected chi connectivity index (χ4v) is 2.02. The highest BCUT2D eigenvalue weighted by Gasteiger charge is 2.55. The lowest BCUT2D eigenvalue weighted by Crippen LogP contribution is -2.44. The van der Waals surface area contributed by atoms with E-state index in [1.165, 1.54) is 12.1 Å². The molecule has 0 saturated heterocycles. The number of benzene rings is 1. The van der Waals surface area contributed by atoms with Crippen LogP contribution >= 0.6 is 0 Å². The number of carbonyl (C=O) groups excluding carboxylic acids is 1. The number of hydrogen-bond acceptors (Lipinski definition) is 6. The van der Waals surface area contributed by atoms with Crippen LogP contribution in [0.3, 0.4) is 0 Å². The predicted octanol–water partition coefficient (Wildman–Crippen LogP) is -0.0411. The average Bonchev–Trinajstić information content (AvgIpc) is 2.62. The second kappa shape index (κ2) is 4.29. The lowest BCUT2D eigenvalue weighted by atomic mass is 9.83. The number of hydrogen-bond donors (Lipinski definition) is 3. The minimum Gasteiger partial charge on any atom is -0.480 e. The van der Waals surface area contributed by atoms with Crippen molar-refractivity contribution in [1.82, 2.24) is 0 Å². The van der Waals surface area contributed by atoms with Crippen LogP contribution in [0.5, 0.6) is 0 Å². The van der Waals surface area contributed by atoms with Crippen molar-refractivity contribution in [2.24, 2.45) is 5.92 Å². The molecule has 9 nitrogen and oxygen atoms in total. The third-order valence-electron chi connectivity index (χ3n) is 3.01. The molecule has 1 amide bonds. The van der Waals surface area contributed by atoms with E-state index in [2.05, 4.69) is 5.32 Å². The van der Waals surface area contributed by atoms with Crippen LogP contribution in [-0.2, 0) is 15.2 Å². The Labute approximate surface area is 111 Å². The predicted molar refractivity (Wildman–Crippen MR) is 62.4 cm³/mol. The number of carbonyl (C=O) groups is 2. The summed E-state index contributed by atoms with van der Waals surface area (Å²) in [5, 5.41) is 41.0. The quantitative estimate of drug-likeness (QED) is 0.517. The summed E-state index contributed by atoms with van der Waals surface area (Å²) in [5.41, 5.74) is -3.36. The molecular formula is C11H7N3O6. The number of carboxylic acid groups (broad SMARTS) is 1. The SMILES string of the molecule is N#CC(C(=O)O)C1(O)C(=O)Nc2ccc([N+](=O)[O-])cc21. The Morgan fingerprint density at radius 3 is 2.70 bits per heavy atom. The number of amides is 1. The lowest BCUT2D eigenvalue weighted by Gasteiger charge is -2.22. The first-order valence-corrected chi connectivity index (χ1v) is 5.27. The maximum Gasteiger partial charge on any atom is 0.324 e. The van der Waals surface area contributed by atoms with Gasteiger partial charge < -0.3 is 15.5 Å². The monoisotopic (exact) mass is 277 g/mol. The molecule has 0 bridgehead atoms. The number of non-ortho nitro benzene ring substituents is 1. The molecule has 0 aliphatic carbocycles. The standard InChI is InChI=1S/C11H7N3O6/c12-4-7(9(15)16)11(18)6-3-5(14(19)20)1-2-8(6)13-10(11)17/h1-3,7,18H,(H,13,17)(H,15,16). The number of nitro groups is 1. The van der Waals surface area contributed by atoms with Gasteiger partial charge in [-0.15, -0.1) is 0 Å². The van der Waals surface area contributed by atoms with Gasteiger partial charge in [0, 0.05) is 23.4 Å². The summed E-state index contributed by atoms with van der Waals surface area (Å²) in [6.45, 7) is 0. The van der Waals surface area contributed by atoms with Crippen LogP contribution in [0.4, 0.5) is 11.4 Å². The number of nitro benzene ring substituents is 1. The molecule has 0 radical (unpaired) electrons. The lowest BCUT2D eigenvalue weighted by molar-refractivity contribution is -0.385. The summed E-state index contributed by atoms with van der Waals surface area (Å²) in [7, 11) is 0. The van der Waals surface area contributed by atoms with Crippen molar-refractivity contribution in [2.75, 3.05) is 5.32 Å². The molecule has 102 valence electrons. The topological polar surface area (TPSA) is 154 Å². The number of nitriles is 1. The molecule has 1 heterocycles. The molecule has 0 saturated carbocycles. The fourth-order valence-electron chi connectivity index (χ4n) is 2.02. The van der Waals surface area contributed by atoms with Gasteiger partial charge in [0.2, 0.25) is 0 Å². The van der Waals surface area contributed by atoms with Crippen LogP contribution in [0.2, 0.25) is 0 Å². The normalized spacial score (nSPS) is 21.5. The summed E-state index contributed by atoms with van der Waals surface area (Å²) in [5.74, 6) is -4.89. The van der Waals surface area contributed by atoms with Crippen molar-refractivity contribution in [3.05, 3.63) is 33.9 Å². The van der Waals surface area contributed by atoms with E-state index in [-0.39, 0.29) is 11.3 Å². The van der Waals surface area contributed by atoms with Crippen molar-refractivity contribution >= 4 is 23.3 Å². The first-order chi connectivity index (χ1) is 9.32. The maximum absolute atomic E-state index is 11.8. The fraction of sp³-hybridized carbons (Fsp3) is 0.182. The van der Waals surface area contributed by atoms with E-state index in [4.69, 9.17) is 10.4 Å². The summed E-state index contributed by atoms with van der Waals surface area (Å²) in [6.07, 6.45) is 0. The molecule has 2 unspecified atom stereocenters. The van der Waals surface area contributed by atoms with Gasteiger partial charge >= 0.3 is 5.97 Å². The highest BCUT2D eigenvalue weighted by Crippen LogP contribution is 2.42. The Hall–Kier alpha value is -2.99. The molecule has 0 fully saturated rings. The Morgan fingerprint density at radius 1 is 1.55 bits per heavy atom. The molecule has 2 rings (SSSR count). The van der Waals surface area contributed by atoms with E-state index >= 15 is 0 Å². The number of nitrogens with zero attached hydrogens (tertiary/aromatic N) is 2. The summed E-state index contributed by atoms with van der Waals surface area (Å²) in [4.78, 5) is 32.7. The van der Waals surface area contributed by atoms with Crippen molar-refractivity contribution in [3.8, 4) is 6.07 Å². The molecule has 1 aromatic carbocycles. The van der Waals surface area contributed by atoms with E-state index in [1.807, 2.05) is 0 Å². The van der Waals surface area contributed by atoms with Gasteiger partial charge in [-0.05, 0) is 6.07 Å². The highest BCUT2D eigenvalue weighted by atomic mass is 16.6. The van der Waals surface area contributed by atoms with Gasteiger partial charge in [-0.1, -0.05) is 0 Å². The first kappa shape index (κ1) is 13.4. The molecule has 1 aliphatic heterocycles. The molecular weight excluding hydrogens is 270 g/mol. The van der Waals surface area contributed by atoms with E-state index in [0.29, 0.717) is 0 Å². The van der Waals surface area contributed by atoms with E-state index in [0.717, 1.165) is 12.1 Å². The van der Waals surface area contributed by atoms with Gasteiger partial charge in [0.15, 0.2) is 11.5 Å².